The maximum atomic E-state index is 13.6. The Bertz CT molecular complexity index is 856. The Kier molecular flexibility index (Phi) is 4.52. The van der Waals surface area contributed by atoms with Crippen LogP contribution in [0.15, 0.2) is 40.0 Å². The van der Waals surface area contributed by atoms with Gasteiger partial charge in [-0.25, -0.2) is 22.0 Å². The second-order valence-corrected chi connectivity index (χ2v) is 5.50. The number of halogens is 5. The van der Waals surface area contributed by atoms with Crippen molar-refractivity contribution in [3.8, 4) is 11.5 Å². The molecule has 2 aromatic carbocycles. The lowest BCUT2D eigenvalue weighted by molar-refractivity contribution is 0.372. The molecule has 24 heavy (non-hydrogen) atoms. The Hall–Kier alpha value is -2.42. The lowest BCUT2D eigenvalue weighted by Gasteiger charge is -2.06. The standard InChI is InChI=1S/C15H7F5N2OS/c16-9-8(10(17)12(19)13(20)11(9)18)6-24-15-22-21-14(23-15)7-4-2-1-3-5-7/h1-5H,6H2. The molecule has 1 heterocycles. The third-order valence-corrected chi connectivity index (χ3v) is 3.91. The second-order valence-electron chi connectivity index (χ2n) is 4.58. The van der Waals surface area contributed by atoms with E-state index in [1.165, 1.54) is 0 Å². The number of hydrogen-bond acceptors (Lipinski definition) is 4. The van der Waals surface area contributed by atoms with Gasteiger partial charge < -0.3 is 4.42 Å². The van der Waals surface area contributed by atoms with E-state index >= 15 is 0 Å². The average molecular weight is 358 g/mol. The first-order chi connectivity index (χ1) is 11.5. The van der Waals surface area contributed by atoms with Crippen LogP contribution in [-0.4, -0.2) is 10.2 Å². The summed E-state index contributed by atoms with van der Waals surface area (Å²) in [5.74, 6) is -10.3. The van der Waals surface area contributed by atoms with Gasteiger partial charge in [0.25, 0.3) is 5.22 Å². The molecule has 3 nitrogen and oxygen atoms in total. The van der Waals surface area contributed by atoms with Crippen LogP contribution in [0, 0.1) is 29.1 Å². The van der Waals surface area contributed by atoms with E-state index in [0.29, 0.717) is 17.3 Å². The first-order valence-corrected chi connectivity index (χ1v) is 7.49. The predicted octanol–water partition coefficient (Wildman–Crippen LogP) is 4.72. The fraction of sp³-hybridized carbons (Fsp3) is 0.0667. The zero-order chi connectivity index (χ0) is 17.3. The lowest BCUT2D eigenvalue weighted by Crippen LogP contribution is -2.06. The minimum Gasteiger partial charge on any atom is -0.411 e. The number of thioether (sulfide) groups is 1. The largest absolute Gasteiger partial charge is 0.411 e. The van der Waals surface area contributed by atoms with Crippen molar-refractivity contribution in [1.82, 2.24) is 10.2 Å². The highest BCUT2D eigenvalue weighted by Crippen LogP contribution is 2.30. The SMILES string of the molecule is Fc1c(F)c(F)c(CSc2nnc(-c3ccccc3)o2)c(F)c1F. The van der Waals surface area contributed by atoms with Gasteiger partial charge in [0.2, 0.25) is 11.7 Å². The number of nitrogens with zero attached hydrogens (tertiary/aromatic N) is 2. The van der Waals surface area contributed by atoms with E-state index in [0.717, 1.165) is 0 Å². The van der Waals surface area contributed by atoms with E-state index in [4.69, 9.17) is 4.42 Å². The smallest absolute Gasteiger partial charge is 0.277 e. The van der Waals surface area contributed by atoms with Crippen molar-refractivity contribution in [3.05, 3.63) is 65.0 Å². The van der Waals surface area contributed by atoms with Gasteiger partial charge in [0, 0.05) is 16.9 Å². The molecule has 0 saturated heterocycles. The maximum absolute atomic E-state index is 13.6. The average Bonchev–Trinajstić information content (AvgIpc) is 3.08. The minimum absolute atomic E-state index is 0.0576. The minimum atomic E-state index is -2.19. The van der Waals surface area contributed by atoms with Crippen LogP contribution in [0.2, 0.25) is 0 Å². The first-order valence-electron chi connectivity index (χ1n) is 6.51. The van der Waals surface area contributed by atoms with E-state index in [9.17, 15) is 22.0 Å². The van der Waals surface area contributed by atoms with Crippen LogP contribution < -0.4 is 0 Å². The third kappa shape index (κ3) is 2.99. The van der Waals surface area contributed by atoms with Crippen molar-refractivity contribution in [1.29, 1.82) is 0 Å². The molecule has 0 N–H and O–H groups in total. The highest BCUT2D eigenvalue weighted by atomic mass is 32.2. The van der Waals surface area contributed by atoms with Crippen LogP contribution >= 0.6 is 11.8 Å². The van der Waals surface area contributed by atoms with Gasteiger partial charge in [-0.3, -0.25) is 0 Å². The second kappa shape index (κ2) is 6.60. The molecule has 0 bridgehead atoms. The molecule has 0 unspecified atom stereocenters. The zero-order valence-corrected chi connectivity index (χ0v) is 12.5. The number of benzene rings is 2. The van der Waals surface area contributed by atoms with Gasteiger partial charge in [-0.15, -0.1) is 10.2 Å². The molecule has 1 aromatic heterocycles. The van der Waals surface area contributed by atoms with Gasteiger partial charge in [0.05, 0.1) is 0 Å². The summed E-state index contributed by atoms with van der Waals surface area (Å²) < 4.78 is 71.7. The molecule has 0 saturated carbocycles. The lowest BCUT2D eigenvalue weighted by atomic mass is 10.2. The summed E-state index contributed by atoms with van der Waals surface area (Å²) in [5.41, 5.74) is -0.316. The molecule has 0 aliphatic heterocycles. The molecule has 0 radical (unpaired) electrons. The van der Waals surface area contributed by atoms with E-state index < -0.39 is 40.4 Å². The van der Waals surface area contributed by atoms with Crippen LogP contribution in [-0.2, 0) is 5.75 Å². The summed E-state index contributed by atoms with van der Waals surface area (Å²) >= 11 is 0.665. The molecule has 0 atom stereocenters. The van der Waals surface area contributed by atoms with Gasteiger partial charge in [-0.2, -0.15) is 0 Å². The van der Waals surface area contributed by atoms with Crippen molar-refractivity contribution >= 4 is 11.8 Å². The fourth-order valence-electron chi connectivity index (χ4n) is 1.88. The summed E-state index contributed by atoms with van der Waals surface area (Å²) in [6, 6.07) is 8.72. The first kappa shape index (κ1) is 16.4. The molecule has 3 rings (SSSR count). The Labute approximate surface area is 136 Å². The van der Waals surface area contributed by atoms with Crippen molar-refractivity contribution < 1.29 is 26.4 Å². The van der Waals surface area contributed by atoms with Crippen molar-refractivity contribution in [2.75, 3.05) is 0 Å². The van der Waals surface area contributed by atoms with Crippen LogP contribution in [0.3, 0.4) is 0 Å². The molecular weight excluding hydrogens is 351 g/mol. The van der Waals surface area contributed by atoms with Crippen LogP contribution in [0.5, 0.6) is 0 Å². The van der Waals surface area contributed by atoms with E-state index in [1.54, 1.807) is 30.3 Å². The van der Waals surface area contributed by atoms with Crippen LogP contribution in [0.25, 0.3) is 11.5 Å². The van der Waals surface area contributed by atoms with E-state index in [1.807, 2.05) is 0 Å². The monoisotopic (exact) mass is 358 g/mol. The van der Waals surface area contributed by atoms with Crippen molar-refractivity contribution in [3.63, 3.8) is 0 Å². The normalized spacial score (nSPS) is 11.0. The summed E-state index contributed by atoms with van der Waals surface area (Å²) in [6.45, 7) is 0. The molecule has 0 aliphatic rings. The molecule has 0 aliphatic carbocycles. The number of aromatic nitrogens is 2. The quantitative estimate of drug-likeness (QED) is 0.293. The summed E-state index contributed by atoms with van der Waals surface area (Å²) in [4.78, 5) is 0. The topological polar surface area (TPSA) is 38.9 Å². The Morgan fingerprint density at radius 3 is 2.00 bits per heavy atom. The molecule has 0 fully saturated rings. The van der Waals surface area contributed by atoms with E-state index in [2.05, 4.69) is 10.2 Å². The van der Waals surface area contributed by atoms with Gasteiger partial charge in [0.1, 0.15) is 0 Å². The Morgan fingerprint density at radius 1 is 0.792 bits per heavy atom. The predicted molar refractivity (Wildman–Crippen MR) is 75.5 cm³/mol. The molecule has 0 spiro atoms. The van der Waals surface area contributed by atoms with Crippen LogP contribution in [0.4, 0.5) is 22.0 Å². The van der Waals surface area contributed by atoms with Gasteiger partial charge in [0.15, 0.2) is 23.3 Å². The maximum Gasteiger partial charge on any atom is 0.277 e. The zero-order valence-electron chi connectivity index (χ0n) is 11.7. The molecule has 0 amide bonds. The van der Waals surface area contributed by atoms with E-state index in [-0.39, 0.29) is 11.1 Å². The van der Waals surface area contributed by atoms with Crippen LogP contribution in [0.1, 0.15) is 5.56 Å². The van der Waals surface area contributed by atoms with Crippen molar-refractivity contribution in [2.24, 2.45) is 0 Å². The fourth-order valence-corrected chi connectivity index (χ4v) is 2.63. The highest BCUT2D eigenvalue weighted by Gasteiger charge is 2.26. The molecule has 9 heteroatoms. The highest BCUT2D eigenvalue weighted by molar-refractivity contribution is 7.98. The third-order valence-electron chi connectivity index (χ3n) is 3.07. The molecule has 3 aromatic rings. The van der Waals surface area contributed by atoms with Gasteiger partial charge in [-0.05, 0) is 12.1 Å². The summed E-state index contributed by atoms with van der Waals surface area (Å²) in [6.07, 6.45) is 0. The Balaban J connectivity index is 1.81. The van der Waals surface area contributed by atoms with Gasteiger partial charge in [-0.1, -0.05) is 30.0 Å². The summed E-state index contributed by atoms with van der Waals surface area (Å²) in [5, 5.41) is 7.37. The number of rotatable bonds is 4. The van der Waals surface area contributed by atoms with Crippen molar-refractivity contribution in [2.45, 2.75) is 11.0 Å². The van der Waals surface area contributed by atoms with Gasteiger partial charge >= 0.3 is 0 Å². The number of hydrogen-bond donors (Lipinski definition) is 0. The molecule has 124 valence electrons. The summed E-state index contributed by atoms with van der Waals surface area (Å²) in [7, 11) is 0. The Morgan fingerprint density at radius 2 is 1.38 bits per heavy atom. The molecular formula is C15H7F5N2OS.